The zero-order chi connectivity index (χ0) is 20.5. The summed E-state index contributed by atoms with van der Waals surface area (Å²) in [5.41, 5.74) is 9.28. The van der Waals surface area contributed by atoms with Crippen LogP contribution < -0.4 is 32.5 Å². The van der Waals surface area contributed by atoms with Crippen LogP contribution in [0.1, 0.15) is 26.7 Å². The van der Waals surface area contributed by atoms with Crippen LogP contribution in [-0.2, 0) is 4.79 Å². The predicted molar refractivity (Wildman–Crippen MR) is 103 cm³/mol. The molecule has 11 heteroatoms. The minimum absolute atomic E-state index is 0.102. The van der Waals surface area contributed by atoms with Crippen molar-refractivity contribution in [2.45, 2.75) is 50.6 Å². The van der Waals surface area contributed by atoms with E-state index in [2.05, 4.69) is 5.32 Å². The van der Waals surface area contributed by atoms with Crippen LogP contribution >= 0.6 is 0 Å². The van der Waals surface area contributed by atoms with Gasteiger partial charge in [0.1, 0.15) is 16.9 Å². The number of carboxylic acid groups (broad SMARTS) is 1. The summed E-state index contributed by atoms with van der Waals surface area (Å²) in [6.07, 6.45) is 0.831. The fourth-order valence-electron chi connectivity index (χ4n) is 3.42. The average Bonchev–Trinajstić information content (AvgIpc) is 2.91. The van der Waals surface area contributed by atoms with Crippen molar-refractivity contribution in [3.63, 3.8) is 0 Å². The van der Waals surface area contributed by atoms with E-state index in [0.717, 1.165) is 0 Å². The largest absolute Gasteiger partial charge is 0.480 e. The summed E-state index contributed by atoms with van der Waals surface area (Å²) >= 11 is 0. The van der Waals surface area contributed by atoms with E-state index in [4.69, 9.17) is 21.5 Å². The van der Waals surface area contributed by atoms with E-state index in [1.165, 1.54) is 4.90 Å². The Bertz CT molecular complexity index is 762. The second-order valence-electron chi connectivity index (χ2n) is 7.51. The first-order chi connectivity index (χ1) is 12.5. The maximum atomic E-state index is 12.1. The lowest BCUT2D eigenvalue weighted by molar-refractivity contribution is -0.144. The van der Waals surface area contributed by atoms with E-state index in [-0.39, 0.29) is 42.9 Å². The minimum Gasteiger partial charge on any atom is -0.480 e. The van der Waals surface area contributed by atoms with Crippen LogP contribution in [0.5, 0.6) is 0 Å². The van der Waals surface area contributed by atoms with Crippen LogP contribution in [0, 0.1) is 5.92 Å². The molecule has 0 aromatic heterocycles. The lowest BCUT2D eigenvalue weighted by Crippen LogP contribution is -2.55. The molecule has 1 fully saturated rings. The molecule has 1 aromatic carbocycles. The average molecular weight is 382 g/mol. The topological polar surface area (TPSA) is 179 Å². The van der Waals surface area contributed by atoms with Gasteiger partial charge in [-0.15, -0.1) is 0 Å². The maximum Gasteiger partial charge on any atom is 0.451 e. The van der Waals surface area contributed by atoms with Gasteiger partial charge in [0.15, 0.2) is 0 Å². The first-order valence-electron chi connectivity index (χ1n) is 8.97. The fraction of sp³-hybridized carbons (Fsp3) is 0.688. The summed E-state index contributed by atoms with van der Waals surface area (Å²) in [6, 6.07) is -0.510. The van der Waals surface area contributed by atoms with E-state index in [1.54, 1.807) is 13.8 Å². The second kappa shape index (κ2) is 7.97. The summed E-state index contributed by atoms with van der Waals surface area (Å²) in [5, 5.41) is 30.5. The van der Waals surface area contributed by atoms with E-state index in [0.29, 0.717) is 12.8 Å². The summed E-state index contributed by atoms with van der Waals surface area (Å²) in [5.74, 6) is -1.70. The number of hydrogen-bond acceptors (Lipinski definition) is 9. The van der Waals surface area contributed by atoms with E-state index < -0.39 is 35.4 Å². The fourth-order valence-corrected chi connectivity index (χ4v) is 3.42. The van der Waals surface area contributed by atoms with Crippen molar-refractivity contribution in [2.75, 3.05) is 23.3 Å². The molecule has 0 bridgehead atoms. The SMILES string of the molecule is CC(N)C(C)Nc1c(N2C[C@H](CCCB(O)O)[C@](N)(C(=O)O)C2)c(=O)c1=O. The third-order valence-electron chi connectivity index (χ3n) is 5.40. The molecule has 1 heterocycles. The Morgan fingerprint density at radius 3 is 2.52 bits per heavy atom. The monoisotopic (exact) mass is 382 g/mol. The van der Waals surface area contributed by atoms with Crippen molar-refractivity contribution in [3.05, 3.63) is 20.4 Å². The third kappa shape index (κ3) is 4.16. The van der Waals surface area contributed by atoms with Gasteiger partial charge in [0, 0.05) is 31.1 Å². The number of nitrogens with one attached hydrogen (secondary N) is 1. The van der Waals surface area contributed by atoms with Crippen LogP contribution in [0.2, 0.25) is 6.32 Å². The lowest BCUT2D eigenvalue weighted by Gasteiger charge is -2.27. The van der Waals surface area contributed by atoms with Crippen LogP contribution in [0.3, 0.4) is 0 Å². The molecule has 0 spiro atoms. The number of anilines is 2. The molecular weight excluding hydrogens is 355 g/mol. The van der Waals surface area contributed by atoms with Crippen LogP contribution in [0.15, 0.2) is 9.59 Å². The molecule has 1 aliphatic heterocycles. The Kier molecular flexibility index (Phi) is 6.30. The van der Waals surface area contributed by atoms with Crippen LogP contribution in [0.4, 0.5) is 11.4 Å². The molecule has 27 heavy (non-hydrogen) atoms. The normalized spacial score (nSPS) is 24.8. The van der Waals surface area contributed by atoms with Gasteiger partial charge in [-0.3, -0.25) is 14.4 Å². The number of carbonyl (C=O) groups is 1. The molecule has 2 unspecified atom stereocenters. The van der Waals surface area contributed by atoms with Crippen LogP contribution in [0.25, 0.3) is 0 Å². The summed E-state index contributed by atoms with van der Waals surface area (Å²) < 4.78 is 0. The zero-order valence-corrected chi connectivity index (χ0v) is 15.5. The highest BCUT2D eigenvalue weighted by atomic mass is 16.4. The molecule has 150 valence electrons. The molecule has 0 amide bonds. The quantitative estimate of drug-likeness (QED) is 0.205. The van der Waals surface area contributed by atoms with Crippen molar-refractivity contribution in [2.24, 2.45) is 17.4 Å². The molecule has 1 aromatic rings. The Hall–Kier alpha value is -1.95. The first kappa shape index (κ1) is 21.4. The number of nitrogens with zero attached hydrogens (tertiary/aromatic N) is 1. The smallest absolute Gasteiger partial charge is 0.451 e. The highest BCUT2D eigenvalue weighted by Gasteiger charge is 2.51. The van der Waals surface area contributed by atoms with E-state index in [9.17, 15) is 19.5 Å². The van der Waals surface area contributed by atoms with Crippen molar-refractivity contribution >= 4 is 24.5 Å². The predicted octanol–water partition coefficient (Wildman–Crippen LogP) is -2.10. The standard InChI is InChI=1S/C16H27BN4O6/c1-8(18)9(2)20-11-12(14(23)13(11)22)21-6-10(4-3-5-17(26)27)16(19,7-21)15(24)25/h8-10,20,26-27H,3-7,18-19H2,1-2H3,(H,24,25)/t8?,9?,10-,16-/m0/s1. The van der Waals surface area contributed by atoms with Gasteiger partial charge in [-0.1, -0.05) is 6.42 Å². The molecule has 0 radical (unpaired) electrons. The molecule has 2 rings (SSSR count). The van der Waals surface area contributed by atoms with Crippen molar-refractivity contribution in [3.8, 4) is 0 Å². The third-order valence-corrected chi connectivity index (χ3v) is 5.40. The molecule has 0 aliphatic carbocycles. The van der Waals surface area contributed by atoms with Gasteiger partial charge in [-0.25, -0.2) is 0 Å². The van der Waals surface area contributed by atoms with Crippen molar-refractivity contribution < 1.29 is 19.9 Å². The molecule has 1 aliphatic rings. The van der Waals surface area contributed by atoms with Crippen molar-refractivity contribution in [1.29, 1.82) is 0 Å². The molecular formula is C16H27BN4O6. The van der Waals surface area contributed by atoms with Gasteiger partial charge in [0.2, 0.25) is 0 Å². The number of nitrogens with two attached hydrogens (primary N) is 2. The summed E-state index contributed by atoms with van der Waals surface area (Å²) in [6.45, 7) is 3.62. The second-order valence-corrected chi connectivity index (χ2v) is 7.51. The maximum absolute atomic E-state index is 12.1. The van der Waals surface area contributed by atoms with Crippen molar-refractivity contribution in [1.82, 2.24) is 0 Å². The van der Waals surface area contributed by atoms with Gasteiger partial charge in [-0.05, 0) is 26.6 Å². The number of hydrogen-bond donors (Lipinski definition) is 6. The molecule has 4 atom stereocenters. The van der Waals surface area contributed by atoms with Gasteiger partial charge in [0.25, 0.3) is 10.9 Å². The molecule has 1 saturated heterocycles. The minimum atomic E-state index is -1.59. The molecule has 0 saturated carbocycles. The van der Waals surface area contributed by atoms with E-state index in [1.807, 2.05) is 0 Å². The van der Waals surface area contributed by atoms with Gasteiger partial charge in [0.05, 0.1) is 0 Å². The Morgan fingerprint density at radius 2 is 2.00 bits per heavy atom. The zero-order valence-electron chi connectivity index (χ0n) is 15.5. The van der Waals surface area contributed by atoms with Crippen LogP contribution in [-0.4, -0.2) is 59.0 Å². The highest BCUT2D eigenvalue weighted by molar-refractivity contribution is 6.40. The Balaban J connectivity index is 2.23. The Labute approximate surface area is 157 Å². The number of aliphatic carboxylic acids is 1. The number of carboxylic acids is 1. The first-order valence-corrected chi connectivity index (χ1v) is 8.97. The van der Waals surface area contributed by atoms with Gasteiger partial charge >= 0.3 is 13.1 Å². The highest BCUT2D eigenvalue weighted by Crippen LogP contribution is 2.35. The van der Waals surface area contributed by atoms with E-state index >= 15 is 0 Å². The molecule has 8 N–H and O–H groups in total. The number of rotatable bonds is 9. The molecule has 10 nitrogen and oxygen atoms in total. The lowest BCUT2D eigenvalue weighted by atomic mass is 9.78. The summed E-state index contributed by atoms with van der Waals surface area (Å²) in [4.78, 5) is 37.4. The van der Waals surface area contributed by atoms with Gasteiger partial charge in [-0.2, -0.15) is 0 Å². The Morgan fingerprint density at radius 1 is 1.37 bits per heavy atom. The van der Waals surface area contributed by atoms with Gasteiger partial charge < -0.3 is 36.8 Å². The summed E-state index contributed by atoms with van der Waals surface area (Å²) in [7, 11) is -1.47.